The second kappa shape index (κ2) is 8.10. The van der Waals surface area contributed by atoms with E-state index in [0.29, 0.717) is 25.1 Å². The lowest BCUT2D eigenvalue weighted by Crippen LogP contribution is -2.43. The van der Waals surface area contributed by atoms with Crippen LogP contribution in [0.1, 0.15) is 33.3 Å². The van der Waals surface area contributed by atoms with Gasteiger partial charge in [0.25, 0.3) is 0 Å². The Morgan fingerprint density at radius 1 is 1.38 bits per heavy atom. The molecule has 132 valence electrons. The van der Waals surface area contributed by atoms with Crippen LogP contribution in [0.15, 0.2) is 35.9 Å². The van der Waals surface area contributed by atoms with E-state index in [2.05, 4.69) is 28.7 Å². The maximum Gasteiger partial charge on any atom is 0.335 e. The minimum atomic E-state index is -1.19. The highest BCUT2D eigenvalue weighted by Gasteiger charge is 2.39. The Bertz CT molecular complexity index is 666. The number of halogens is 1. The number of hydrogen-bond acceptors (Lipinski definition) is 3. The van der Waals surface area contributed by atoms with Crippen LogP contribution in [0.25, 0.3) is 0 Å². The standard InChI is InChI=1S/C18H24INO3S/c1-5-23-17(21)14-10-11-20(24(22)18(2,3)4)16(14)12-13-8-6-7-9-15(13)19/h6-10,16H,5,11-12H2,1-4H3/t16-,24+/m1/s1. The molecule has 0 saturated heterocycles. The van der Waals surface area contributed by atoms with Crippen molar-refractivity contribution in [2.24, 2.45) is 0 Å². The first-order valence-corrected chi connectivity index (χ1v) is 10.2. The average Bonchev–Trinajstić information content (AvgIpc) is 2.91. The first-order chi connectivity index (χ1) is 11.3. The van der Waals surface area contributed by atoms with E-state index in [1.807, 2.05) is 49.4 Å². The molecule has 0 unspecified atom stereocenters. The molecule has 0 amide bonds. The molecule has 1 aromatic carbocycles. The molecule has 0 fully saturated rings. The van der Waals surface area contributed by atoms with Crippen LogP contribution in [0.4, 0.5) is 0 Å². The van der Waals surface area contributed by atoms with Gasteiger partial charge in [-0.1, -0.05) is 24.3 Å². The van der Waals surface area contributed by atoms with Gasteiger partial charge in [-0.15, -0.1) is 0 Å². The van der Waals surface area contributed by atoms with Gasteiger partial charge < -0.3 is 4.74 Å². The number of ether oxygens (including phenoxy) is 1. The Kier molecular flexibility index (Phi) is 6.61. The minimum absolute atomic E-state index is 0.222. The van der Waals surface area contributed by atoms with Crippen molar-refractivity contribution in [3.63, 3.8) is 0 Å². The molecule has 24 heavy (non-hydrogen) atoms. The smallest absolute Gasteiger partial charge is 0.335 e. The third-order valence-electron chi connectivity index (χ3n) is 3.82. The van der Waals surface area contributed by atoms with Gasteiger partial charge in [0, 0.05) is 10.1 Å². The Labute approximate surface area is 160 Å². The number of esters is 1. The molecule has 1 aliphatic rings. The molecule has 0 aliphatic carbocycles. The maximum absolute atomic E-state index is 12.9. The van der Waals surface area contributed by atoms with Crippen LogP contribution in [0.5, 0.6) is 0 Å². The normalized spacial score (nSPS) is 19.9. The molecule has 0 radical (unpaired) electrons. The van der Waals surface area contributed by atoms with E-state index in [4.69, 9.17) is 4.74 Å². The summed E-state index contributed by atoms with van der Waals surface area (Å²) < 4.78 is 20.8. The number of carbonyl (C=O) groups excluding carboxylic acids is 1. The van der Waals surface area contributed by atoms with Crippen molar-refractivity contribution in [1.29, 1.82) is 0 Å². The van der Waals surface area contributed by atoms with Gasteiger partial charge in [0.15, 0.2) is 0 Å². The summed E-state index contributed by atoms with van der Waals surface area (Å²) in [5.74, 6) is -0.304. The molecular formula is C18H24INO3S. The molecule has 4 nitrogen and oxygen atoms in total. The number of rotatable bonds is 5. The molecular weight excluding hydrogens is 437 g/mol. The van der Waals surface area contributed by atoms with Gasteiger partial charge in [0.2, 0.25) is 0 Å². The molecule has 1 heterocycles. The zero-order valence-corrected chi connectivity index (χ0v) is 17.5. The van der Waals surface area contributed by atoms with Gasteiger partial charge in [-0.2, -0.15) is 0 Å². The third-order valence-corrected chi connectivity index (χ3v) is 6.75. The summed E-state index contributed by atoms with van der Waals surface area (Å²) in [5, 5.41) is 0. The highest BCUT2D eigenvalue weighted by atomic mass is 127. The van der Waals surface area contributed by atoms with Crippen LogP contribution < -0.4 is 0 Å². The molecule has 2 rings (SSSR count). The summed E-state index contributed by atoms with van der Waals surface area (Å²) in [7, 11) is -1.19. The summed E-state index contributed by atoms with van der Waals surface area (Å²) >= 11 is 2.30. The predicted molar refractivity (Wildman–Crippen MR) is 106 cm³/mol. The fourth-order valence-corrected chi connectivity index (χ4v) is 4.60. The number of hydrogen-bond donors (Lipinski definition) is 0. The molecule has 0 aromatic heterocycles. The van der Waals surface area contributed by atoms with Crippen molar-refractivity contribution in [2.45, 2.75) is 44.9 Å². The minimum Gasteiger partial charge on any atom is -0.463 e. The average molecular weight is 461 g/mol. The quantitative estimate of drug-likeness (QED) is 0.499. The van der Waals surface area contributed by atoms with E-state index in [-0.39, 0.29) is 16.8 Å². The fraction of sp³-hybridized carbons (Fsp3) is 0.500. The van der Waals surface area contributed by atoms with E-state index in [1.54, 1.807) is 6.92 Å². The second-order valence-electron chi connectivity index (χ2n) is 6.65. The van der Waals surface area contributed by atoms with E-state index < -0.39 is 11.0 Å². The monoisotopic (exact) mass is 461 g/mol. The lowest BCUT2D eigenvalue weighted by Gasteiger charge is -2.31. The summed E-state index contributed by atoms with van der Waals surface area (Å²) in [4.78, 5) is 12.3. The molecule has 2 atom stereocenters. The van der Waals surface area contributed by atoms with E-state index >= 15 is 0 Å². The Morgan fingerprint density at radius 3 is 2.62 bits per heavy atom. The van der Waals surface area contributed by atoms with Crippen LogP contribution in [0, 0.1) is 3.57 Å². The lowest BCUT2D eigenvalue weighted by atomic mass is 10.0. The zero-order chi connectivity index (χ0) is 17.9. The number of carbonyl (C=O) groups is 1. The van der Waals surface area contributed by atoms with Crippen molar-refractivity contribution < 1.29 is 13.7 Å². The molecule has 0 bridgehead atoms. The van der Waals surface area contributed by atoms with Crippen molar-refractivity contribution in [3.05, 3.63) is 45.0 Å². The van der Waals surface area contributed by atoms with Crippen LogP contribution in [0.2, 0.25) is 0 Å². The second-order valence-corrected chi connectivity index (χ2v) is 10.0. The summed E-state index contributed by atoms with van der Waals surface area (Å²) in [5.41, 5.74) is 1.77. The summed E-state index contributed by atoms with van der Waals surface area (Å²) in [6, 6.07) is 7.86. The van der Waals surface area contributed by atoms with Crippen molar-refractivity contribution in [3.8, 4) is 0 Å². The van der Waals surface area contributed by atoms with Gasteiger partial charge in [-0.25, -0.2) is 13.3 Å². The first kappa shape index (κ1) is 19.6. The Hall–Kier alpha value is -0.730. The van der Waals surface area contributed by atoms with Gasteiger partial charge >= 0.3 is 5.97 Å². The fourth-order valence-electron chi connectivity index (χ4n) is 2.66. The van der Waals surface area contributed by atoms with Crippen molar-refractivity contribution >= 4 is 39.5 Å². The maximum atomic E-state index is 12.9. The molecule has 6 heteroatoms. The van der Waals surface area contributed by atoms with Crippen LogP contribution in [0.3, 0.4) is 0 Å². The Balaban J connectivity index is 2.32. The van der Waals surface area contributed by atoms with E-state index in [1.165, 1.54) is 0 Å². The van der Waals surface area contributed by atoms with Gasteiger partial charge in [-0.05, 0) is 68.3 Å². The first-order valence-electron chi connectivity index (χ1n) is 8.05. The van der Waals surface area contributed by atoms with E-state index in [0.717, 1.165) is 9.13 Å². The highest BCUT2D eigenvalue weighted by Crippen LogP contribution is 2.30. The van der Waals surface area contributed by atoms with Gasteiger partial charge in [0.05, 0.1) is 23.0 Å². The van der Waals surface area contributed by atoms with Gasteiger partial charge in [-0.3, -0.25) is 0 Å². The van der Waals surface area contributed by atoms with Crippen LogP contribution in [-0.4, -0.2) is 38.4 Å². The SMILES string of the molecule is CCOC(=O)C1=CCN([S@@](=O)C(C)(C)C)[C@@H]1Cc1ccccc1I. The number of benzene rings is 1. The molecule has 1 aromatic rings. The highest BCUT2D eigenvalue weighted by molar-refractivity contribution is 14.1. The topological polar surface area (TPSA) is 46.6 Å². The van der Waals surface area contributed by atoms with Crippen molar-refractivity contribution in [2.75, 3.05) is 13.2 Å². The lowest BCUT2D eigenvalue weighted by molar-refractivity contribution is -0.138. The van der Waals surface area contributed by atoms with Crippen LogP contribution >= 0.6 is 22.6 Å². The van der Waals surface area contributed by atoms with Gasteiger partial charge in [0.1, 0.15) is 11.0 Å². The Morgan fingerprint density at radius 2 is 2.04 bits per heavy atom. The van der Waals surface area contributed by atoms with E-state index in [9.17, 15) is 9.00 Å². The predicted octanol–water partition coefficient (Wildman–Crippen LogP) is 3.47. The molecule has 0 N–H and O–H groups in total. The molecule has 0 spiro atoms. The number of nitrogens with zero attached hydrogens (tertiary/aromatic N) is 1. The van der Waals surface area contributed by atoms with Crippen LogP contribution in [-0.2, 0) is 26.9 Å². The molecule has 1 aliphatic heterocycles. The third kappa shape index (κ3) is 4.46. The summed E-state index contributed by atoms with van der Waals surface area (Å²) in [6.45, 7) is 8.51. The van der Waals surface area contributed by atoms with Crippen molar-refractivity contribution in [1.82, 2.24) is 4.31 Å². The summed E-state index contributed by atoms with van der Waals surface area (Å²) in [6.07, 6.45) is 2.51. The zero-order valence-electron chi connectivity index (χ0n) is 14.5. The largest absolute Gasteiger partial charge is 0.463 e. The molecule has 0 saturated carbocycles.